The quantitative estimate of drug-likeness (QED) is 0.543. The highest BCUT2D eigenvalue weighted by atomic mass is 15.3. The molecule has 2 aliphatic heterocycles. The fraction of sp³-hybridized carbons (Fsp3) is 0.552. The molecule has 1 fully saturated rings. The van der Waals surface area contributed by atoms with Gasteiger partial charge in [-0.2, -0.15) is 0 Å². The molecule has 2 aliphatic rings. The molecule has 5 nitrogen and oxygen atoms in total. The average molecular weight is 462 g/mol. The summed E-state index contributed by atoms with van der Waals surface area (Å²) in [5.41, 5.74) is 3.57. The van der Waals surface area contributed by atoms with E-state index in [1.165, 1.54) is 50.3 Å². The van der Waals surface area contributed by atoms with Crippen LogP contribution in [0.2, 0.25) is 0 Å². The molecule has 0 spiro atoms. The van der Waals surface area contributed by atoms with Gasteiger partial charge in [-0.05, 0) is 49.9 Å². The predicted octanol–water partition coefficient (Wildman–Crippen LogP) is 5.39. The lowest BCUT2D eigenvalue weighted by molar-refractivity contribution is 0.138. The molecule has 2 aromatic rings. The SMILES string of the molecule is CCc1nc2c(n1Cc1ccc(C=CCN3CCN(CCC(C)C)CC3)cc1)NC(C)(C)C=C2. The average Bonchev–Trinajstić information content (AvgIpc) is 3.15. The summed E-state index contributed by atoms with van der Waals surface area (Å²) in [5.74, 6) is 3.07. The minimum absolute atomic E-state index is 0.0504. The molecule has 1 N–H and O–H groups in total. The number of benzene rings is 1. The van der Waals surface area contributed by atoms with Crippen molar-refractivity contribution in [2.45, 2.75) is 59.5 Å². The van der Waals surface area contributed by atoms with Gasteiger partial charge in [0.25, 0.3) is 0 Å². The topological polar surface area (TPSA) is 36.3 Å². The molecular weight excluding hydrogens is 418 g/mol. The molecule has 5 heteroatoms. The number of imidazole rings is 1. The van der Waals surface area contributed by atoms with Crippen LogP contribution in [-0.2, 0) is 13.0 Å². The number of fused-ring (bicyclic) bond motifs is 1. The van der Waals surface area contributed by atoms with E-state index in [4.69, 9.17) is 4.98 Å². The number of aryl methyl sites for hydroxylation is 1. The van der Waals surface area contributed by atoms with Crippen molar-refractivity contribution in [3.05, 3.63) is 59.1 Å². The van der Waals surface area contributed by atoms with Crippen molar-refractivity contribution in [3.8, 4) is 0 Å². The largest absolute Gasteiger partial charge is 0.361 e. The standard InChI is InChI=1S/C29H43N5/c1-6-27-30-26-13-15-29(4,5)31-28(26)34(27)22-25-11-9-24(10-12-25)8-7-16-32-18-20-33(21-19-32)17-14-23(2)3/h7-13,15,23,31H,6,14,16-22H2,1-5H3. The maximum absolute atomic E-state index is 4.85. The van der Waals surface area contributed by atoms with Crippen LogP contribution in [-0.4, -0.2) is 64.2 Å². The van der Waals surface area contributed by atoms with Crippen molar-refractivity contribution in [1.29, 1.82) is 0 Å². The van der Waals surface area contributed by atoms with E-state index in [1.807, 2.05) is 0 Å². The Morgan fingerprint density at radius 2 is 1.76 bits per heavy atom. The third-order valence-electron chi connectivity index (χ3n) is 6.97. The Hall–Kier alpha value is -2.37. The van der Waals surface area contributed by atoms with Gasteiger partial charge >= 0.3 is 0 Å². The maximum atomic E-state index is 4.85. The van der Waals surface area contributed by atoms with E-state index in [-0.39, 0.29) is 5.54 Å². The molecule has 0 aliphatic carbocycles. The molecular formula is C29H43N5. The first-order valence-electron chi connectivity index (χ1n) is 13.1. The highest BCUT2D eigenvalue weighted by molar-refractivity contribution is 5.67. The van der Waals surface area contributed by atoms with E-state index in [2.05, 4.69) is 103 Å². The predicted molar refractivity (Wildman–Crippen MR) is 145 cm³/mol. The van der Waals surface area contributed by atoms with Crippen LogP contribution in [0.25, 0.3) is 12.2 Å². The van der Waals surface area contributed by atoms with Gasteiger partial charge in [-0.15, -0.1) is 0 Å². The zero-order chi connectivity index (χ0) is 24.1. The minimum Gasteiger partial charge on any atom is -0.361 e. The highest BCUT2D eigenvalue weighted by Crippen LogP contribution is 2.30. The first kappa shape index (κ1) is 24.7. The van der Waals surface area contributed by atoms with Crippen molar-refractivity contribution in [2.24, 2.45) is 5.92 Å². The summed E-state index contributed by atoms with van der Waals surface area (Å²) in [7, 11) is 0. The summed E-state index contributed by atoms with van der Waals surface area (Å²) in [6.45, 7) is 19.1. The lowest BCUT2D eigenvalue weighted by Gasteiger charge is -2.34. The Kier molecular flexibility index (Phi) is 7.95. The Morgan fingerprint density at radius 3 is 2.44 bits per heavy atom. The zero-order valence-electron chi connectivity index (χ0n) is 21.8. The summed E-state index contributed by atoms with van der Waals surface area (Å²) in [6, 6.07) is 8.98. The van der Waals surface area contributed by atoms with Gasteiger partial charge in [-0.3, -0.25) is 4.90 Å². The van der Waals surface area contributed by atoms with Gasteiger partial charge in [-0.25, -0.2) is 4.98 Å². The number of aromatic nitrogens is 2. The second-order valence-corrected chi connectivity index (χ2v) is 10.9. The van der Waals surface area contributed by atoms with Crippen LogP contribution in [0.5, 0.6) is 0 Å². The molecule has 184 valence electrons. The lowest BCUT2D eigenvalue weighted by atomic mass is 10.0. The van der Waals surface area contributed by atoms with E-state index >= 15 is 0 Å². The monoisotopic (exact) mass is 461 g/mol. The summed E-state index contributed by atoms with van der Waals surface area (Å²) in [4.78, 5) is 10.0. The van der Waals surface area contributed by atoms with Crippen molar-refractivity contribution in [2.75, 3.05) is 44.6 Å². The molecule has 1 saturated heterocycles. The number of hydrogen-bond acceptors (Lipinski definition) is 4. The zero-order valence-corrected chi connectivity index (χ0v) is 21.8. The van der Waals surface area contributed by atoms with Crippen molar-refractivity contribution >= 4 is 18.0 Å². The second-order valence-electron chi connectivity index (χ2n) is 10.9. The second kappa shape index (κ2) is 10.9. The van der Waals surface area contributed by atoms with Gasteiger partial charge < -0.3 is 14.8 Å². The van der Waals surface area contributed by atoms with Crippen LogP contribution in [0.4, 0.5) is 5.82 Å². The molecule has 3 heterocycles. The van der Waals surface area contributed by atoms with Gasteiger partial charge in [0.1, 0.15) is 17.3 Å². The lowest BCUT2D eigenvalue weighted by Crippen LogP contribution is -2.46. The number of hydrogen-bond donors (Lipinski definition) is 1. The fourth-order valence-corrected chi connectivity index (χ4v) is 4.73. The molecule has 34 heavy (non-hydrogen) atoms. The van der Waals surface area contributed by atoms with Crippen LogP contribution >= 0.6 is 0 Å². The molecule has 0 saturated carbocycles. The van der Waals surface area contributed by atoms with Crippen LogP contribution in [0, 0.1) is 5.92 Å². The van der Waals surface area contributed by atoms with E-state index < -0.39 is 0 Å². The van der Waals surface area contributed by atoms with Crippen LogP contribution in [0.1, 0.15) is 63.7 Å². The first-order chi connectivity index (χ1) is 16.3. The Labute approximate surface area is 206 Å². The molecule has 4 rings (SSSR count). The Bertz CT molecular complexity index is 988. The first-order valence-corrected chi connectivity index (χ1v) is 13.1. The summed E-state index contributed by atoms with van der Waals surface area (Å²) in [5, 5.41) is 3.66. The van der Waals surface area contributed by atoms with E-state index in [1.54, 1.807) is 0 Å². The van der Waals surface area contributed by atoms with E-state index in [9.17, 15) is 0 Å². The molecule has 1 aromatic heterocycles. The minimum atomic E-state index is -0.0504. The number of rotatable bonds is 9. The maximum Gasteiger partial charge on any atom is 0.134 e. The molecule has 1 aromatic carbocycles. The Balaban J connectivity index is 1.30. The summed E-state index contributed by atoms with van der Waals surface area (Å²) >= 11 is 0. The number of nitrogens with one attached hydrogen (secondary N) is 1. The fourth-order valence-electron chi connectivity index (χ4n) is 4.73. The van der Waals surface area contributed by atoms with Crippen molar-refractivity contribution in [3.63, 3.8) is 0 Å². The van der Waals surface area contributed by atoms with Crippen LogP contribution in [0.15, 0.2) is 36.4 Å². The molecule has 0 unspecified atom stereocenters. The number of nitrogens with zero attached hydrogens (tertiary/aromatic N) is 4. The highest BCUT2D eigenvalue weighted by Gasteiger charge is 2.25. The van der Waals surface area contributed by atoms with Crippen molar-refractivity contribution < 1.29 is 0 Å². The van der Waals surface area contributed by atoms with Gasteiger partial charge in [0.15, 0.2) is 0 Å². The van der Waals surface area contributed by atoms with Crippen molar-refractivity contribution in [1.82, 2.24) is 19.4 Å². The third-order valence-corrected chi connectivity index (χ3v) is 6.97. The third kappa shape index (κ3) is 6.39. The molecule has 0 radical (unpaired) electrons. The molecule has 0 amide bonds. The number of piperazine rings is 1. The van der Waals surface area contributed by atoms with Gasteiger partial charge in [0, 0.05) is 39.1 Å². The van der Waals surface area contributed by atoms with E-state index in [0.29, 0.717) is 0 Å². The van der Waals surface area contributed by atoms with Crippen LogP contribution in [0.3, 0.4) is 0 Å². The summed E-state index contributed by atoms with van der Waals surface area (Å²) in [6.07, 6.45) is 11.2. The number of anilines is 1. The molecule has 0 atom stereocenters. The van der Waals surface area contributed by atoms with Crippen LogP contribution < -0.4 is 5.32 Å². The Morgan fingerprint density at radius 1 is 1.06 bits per heavy atom. The summed E-state index contributed by atoms with van der Waals surface area (Å²) < 4.78 is 2.34. The van der Waals surface area contributed by atoms with Gasteiger partial charge in [-0.1, -0.05) is 63.3 Å². The smallest absolute Gasteiger partial charge is 0.134 e. The normalized spacial score (nSPS) is 18.5. The van der Waals surface area contributed by atoms with E-state index in [0.717, 1.165) is 42.8 Å². The molecule has 0 bridgehead atoms. The van der Waals surface area contributed by atoms with Gasteiger partial charge in [0.05, 0.1) is 12.1 Å². The van der Waals surface area contributed by atoms with Gasteiger partial charge in [0.2, 0.25) is 0 Å².